The van der Waals surface area contributed by atoms with E-state index in [1.807, 2.05) is 12.1 Å². The number of nitrogens with zero attached hydrogens (tertiary/aromatic N) is 4. The Morgan fingerprint density at radius 1 is 1.26 bits per heavy atom. The standard InChI is InChI=1S/C13H18N6/c1-3-19(4-2)11-7-5-10(6-8-11)9-15-13-16-12(14)17-18-13/h5-9H,3-4H2,1-2H3,(H3,14,16,17,18). The third kappa shape index (κ3) is 3.31. The van der Waals surface area contributed by atoms with Crippen molar-refractivity contribution in [2.45, 2.75) is 13.8 Å². The number of nitrogen functional groups attached to an aromatic ring is 1. The highest BCUT2D eigenvalue weighted by Gasteiger charge is 2.00. The van der Waals surface area contributed by atoms with E-state index >= 15 is 0 Å². The average molecular weight is 258 g/mol. The lowest BCUT2D eigenvalue weighted by atomic mass is 10.2. The molecule has 3 N–H and O–H groups in total. The van der Waals surface area contributed by atoms with Crippen LogP contribution in [0.5, 0.6) is 0 Å². The first kappa shape index (κ1) is 13.1. The van der Waals surface area contributed by atoms with Crippen LogP contribution in [-0.2, 0) is 0 Å². The van der Waals surface area contributed by atoms with E-state index in [1.54, 1.807) is 6.21 Å². The molecule has 0 aliphatic carbocycles. The topological polar surface area (TPSA) is 83.2 Å². The highest BCUT2D eigenvalue weighted by atomic mass is 15.3. The molecule has 100 valence electrons. The molecule has 0 spiro atoms. The Morgan fingerprint density at radius 2 is 1.95 bits per heavy atom. The van der Waals surface area contributed by atoms with Crippen LogP contribution in [0.4, 0.5) is 17.6 Å². The maximum atomic E-state index is 5.42. The number of aliphatic imine (C=N–C) groups is 1. The molecule has 1 aromatic carbocycles. The van der Waals surface area contributed by atoms with Gasteiger partial charge in [-0.3, -0.25) is 0 Å². The van der Waals surface area contributed by atoms with E-state index in [4.69, 9.17) is 5.73 Å². The summed E-state index contributed by atoms with van der Waals surface area (Å²) >= 11 is 0. The average Bonchev–Trinajstić information content (AvgIpc) is 2.85. The third-order valence-corrected chi connectivity index (χ3v) is 2.84. The van der Waals surface area contributed by atoms with Gasteiger partial charge in [-0.05, 0) is 31.5 Å². The monoisotopic (exact) mass is 258 g/mol. The Morgan fingerprint density at radius 3 is 2.47 bits per heavy atom. The Labute approximate surface area is 112 Å². The van der Waals surface area contributed by atoms with Gasteiger partial charge in [-0.25, -0.2) is 10.1 Å². The molecule has 19 heavy (non-hydrogen) atoms. The van der Waals surface area contributed by atoms with Gasteiger partial charge in [-0.2, -0.15) is 4.98 Å². The Hall–Kier alpha value is -2.37. The van der Waals surface area contributed by atoms with Crippen LogP contribution in [0.1, 0.15) is 19.4 Å². The largest absolute Gasteiger partial charge is 0.372 e. The van der Waals surface area contributed by atoms with Gasteiger partial charge in [-0.1, -0.05) is 12.1 Å². The Kier molecular flexibility index (Phi) is 4.12. The van der Waals surface area contributed by atoms with Crippen LogP contribution in [0.3, 0.4) is 0 Å². The number of nitrogens with two attached hydrogens (primary N) is 1. The molecule has 0 saturated carbocycles. The first-order valence-electron chi connectivity index (χ1n) is 6.30. The molecule has 2 aromatic rings. The normalized spacial score (nSPS) is 11.1. The lowest BCUT2D eigenvalue weighted by Gasteiger charge is -2.20. The summed E-state index contributed by atoms with van der Waals surface area (Å²) in [6.45, 7) is 6.29. The zero-order valence-electron chi connectivity index (χ0n) is 11.2. The molecule has 0 aliphatic rings. The van der Waals surface area contributed by atoms with Crippen molar-refractivity contribution in [3.05, 3.63) is 29.8 Å². The smallest absolute Gasteiger partial charge is 0.269 e. The molecule has 0 bridgehead atoms. The van der Waals surface area contributed by atoms with Gasteiger partial charge in [0.25, 0.3) is 5.95 Å². The van der Waals surface area contributed by atoms with Gasteiger partial charge < -0.3 is 10.6 Å². The minimum Gasteiger partial charge on any atom is -0.372 e. The van der Waals surface area contributed by atoms with E-state index in [0.717, 1.165) is 18.7 Å². The van der Waals surface area contributed by atoms with E-state index in [1.165, 1.54) is 5.69 Å². The van der Waals surface area contributed by atoms with Crippen LogP contribution in [0.2, 0.25) is 0 Å². The highest BCUT2D eigenvalue weighted by molar-refractivity contribution is 5.81. The number of H-pyrrole nitrogens is 1. The van der Waals surface area contributed by atoms with Gasteiger partial charge in [-0.15, -0.1) is 5.10 Å². The van der Waals surface area contributed by atoms with E-state index in [0.29, 0.717) is 5.95 Å². The summed E-state index contributed by atoms with van der Waals surface area (Å²) in [5, 5.41) is 6.38. The summed E-state index contributed by atoms with van der Waals surface area (Å²) in [7, 11) is 0. The predicted octanol–water partition coefficient (Wildman–Crippen LogP) is 1.98. The van der Waals surface area contributed by atoms with E-state index in [9.17, 15) is 0 Å². The lowest BCUT2D eigenvalue weighted by Crippen LogP contribution is -2.21. The van der Waals surface area contributed by atoms with Gasteiger partial charge >= 0.3 is 0 Å². The summed E-state index contributed by atoms with van der Waals surface area (Å²) in [5.41, 5.74) is 7.63. The second-order valence-electron chi connectivity index (χ2n) is 4.04. The summed E-state index contributed by atoms with van der Waals surface area (Å²) < 4.78 is 0. The van der Waals surface area contributed by atoms with Gasteiger partial charge in [0.2, 0.25) is 5.95 Å². The minimum atomic E-state index is 0.268. The van der Waals surface area contributed by atoms with Gasteiger partial charge in [0.1, 0.15) is 0 Å². The maximum absolute atomic E-state index is 5.42. The van der Waals surface area contributed by atoms with Crippen LogP contribution in [0.25, 0.3) is 0 Å². The molecule has 0 unspecified atom stereocenters. The van der Waals surface area contributed by atoms with Gasteiger partial charge in [0.15, 0.2) is 0 Å². The van der Waals surface area contributed by atoms with Crippen molar-refractivity contribution in [2.24, 2.45) is 4.99 Å². The minimum absolute atomic E-state index is 0.268. The molecule has 0 saturated heterocycles. The summed E-state index contributed by atoms with van der Waals surface area (Å²) in [6.07, 6.45) is 1.72. The van der Waals surface area contributed by atoms with Gasteiger partial charge in [0.05, 0.1) is 0 Å². The fourth-order valence-corrected chi connectivity index (χ4v) is 1.81. The quantitative estimate of drug-likeness (QED) is 0.803. The molecule has 0 amide bonds. The summed E-state index contributed by atoms with van der Waals surface area (Å²) in [4.78, 5) is 10.3. The molecular weight excluding hydrogens is 240 g/mol. The zero-order valence-corrected chi connectivity index (χ0v) is 11.2. The maximum Gasteiger partial charge on any atom is 0.269 e. The van der Waals surface area contributed by atoms with Crippen molar-refractivity contribution >= 4 is 23.8 Å². The molecule has 6 heteroatoms. The predicted molar refractivity (Wildman–Crippen MR) is 78.1 cm³/mol. The number of nitrogens with one attached hydrogen (secondary N) is 1. The molecule has 0 radical (unpaired) electrons. The summed E-state index contributed by atoms with van der Waals surface area (Å²) in [5.74, 6) is 0.606. The molecule has 6 nitrogen and oxygen atoms in total. The summed E-state index contributed by atoms with van der Waals surface area (Å²) in [6, 6.07) is 8.21. The molecule has 2 rings (SSSR count). The lowest BCUT2D eigenvalue weighted by molar-refractivity contribution is 0.866. The molecule has 1 heterocycles. The number of aromatic amines is 1. The van der Waals surface area contributed by atoms with Crippen molar-refractivity contribution in [2.75, 3.05) is 23.7 Å². The van der Waals surface area contributed by atoms with Crippen LogP contribution in [0, 0.1) is 0 Å². The van der Waals surface area contributed by atoms with Crippen molar-refractivity contribution < 1.29 is 0 Å². The first-order valence-corrected chi connectivity index (χ1v) is 6.30. The number of hydrogen-bond donors (Lipinski definition) is 2. The van der Waals surface area contributed by atoms with E-state index in [2.05, 4.69) is 51.1 Å². The number of hydrogen-bond acceptors (Lipinski definition) is 5. The zero-order chi connectivity index (χ0) is 13.7. The third-order valence-electron chi connectivity index (χ3n) is 2.84. The van der Waals surface area contributed by atoms with Crippen molar-refractivity contribution in [1.82, 2.24) is 15.2 Å². The molecule has 1 aromatic heterocycles. The first-order chi connectivity index (χ1) is 9.22. The number of benzene rings is 1. The number of anilines is 2. The Balaban J connectivity index is 2.08. The van der Waals surface area contributed by atoms with Crippen molar-refractivity contribution in [3.8, 4) is 0 Å². The number of aromatic nitrogens is 3. The van der Waals surface area contributed by atoms with Gasteiger partial charge in [0, 0.05) is 25.0 Å². The fourth-order valence-electron chi connectivity index (χ4n) is 1.81. The van der Waals surface area contributed by atoms with Crippen molar-refractivity contribution in [3.63, 3.8) is 0 Å². The fraction of sp³-hybridized carbons (Fsp3) is 0.308. The van der Waals surface area contributed by atoms with Crippen LogP contribution in [0.15, 0.2) is 29.3 Å². The molecular formula is C13H18N6. The Bertz CT molecular complexity index is 539. The van der Waals surface area contributed by atoms with E-state index < -0.39 is 0 Å². The second kappa shape index (κ2) is 5.99. The highest BCUT2D eigenvalue weighted by Crippen LogP contribution is 2.14. The van der Waals surface area contributed by atoms with Crippen molar-refractivity contribution in [1.29, 1.82) is 0 Å². The second-order valence-corrected chi connectivity index (χ2v) is 4.04. The molecule has 0 aliphatic heterocycles. The SMILES string of the molecule is CCN(CC)c1ccc(C=Nc2n[nH]c(N)n2)cc1. The van der Waals surface area contributed by atoms with Crippen LogP contribution < -0.4 is 10.6 Å². The van der Waals surface area contributed by atoms with E-state index in [-0.39, 0.29) is 5.95 Å². The number of rotatable bonds is 5. The molecule has 0 fully saturated rings. The van der Waals surface area contributed by atoms with Crippen LogP contribution in [-0.4, -0.2) is 34.5 Å². The molecule has 0 atom stereocenters. The van der Waals surface area contributed by atoms with Crippen LogP contribution >= 0.6 is 0 Å².